The van der Waals surface area contributed by atoms with E-state index in [0.717, 1.165) is 60.0 Å². The molecular weight excluding hydrogens is 450 g/mol. The Balaban J connectivity index is 1.22. The number of aromatic nitrogens is 4. The van der Waals surface area contributed by atoms with Gasteiger partial charge in [-0.25, -0.2) is 14.8 Å². The zero-order chi connectivity index (χ0) is 23.5. The number of hydrogen-bond donors (Lipinski definition) is 1. The fourth-order valence-corrected chi connectivity index (χ4v) is 4.40. The molecule has 174 valence electrons. The van der Waals surface area contributed by atoms with Gasteiger partial charge in [-0.05, 0) is 48.9 Å². The van der Waals surface area contributed by atoms with Gasteiger partial charge < -0.3 is 14.8 Å². The highest BCUT2D eigenvalue weighted by Crippen LogP contribution is 2.24. The van der Waals surface area contributed by atoms with Crippen LogP contribution in [-0.2, 0) is 6.54 Å². The first kappa shape index (κ1) is 22.3. The number of piperazine rings is 1. The first-order valence-electron chi connectivity index (χ1n) is 11.3. The van der Waals surface area contributed by atoms with Crippen LogP contribution in [0.2, 0.25) is 5.02 Å². The van der Waals surface area contributed by atoms with Gasteiger partial charge in [0.25, 0.3) is 0 Å². The van der Waals surface area contributed by atoms with E-state index < -0.39 is 0 Å². The van der Waals surface area contributed by atoms with E-state index in [1.54, 1.807) is 24.7 Å². The third kappa shape index (κ3) is 4.73. The number of benzene rings is 1. The molecule has 0 spiro atoms. The minimum atomic E-state index is -0.0882. The van der Waals surface area contributed by atoms with Crippen LogP contribution in [0.1, 0.15) is 5.56 Å². The zero-order valence-electron chi connectivity index (χ0n) is 19.0. The van der Waals surface area contributed by atoms with Crippen LogP contribution in [0.25, 0.3) is 22.6 Å². The van der Waals surface area contributed by atoms with E-state index in [1.807, 2.05) is 48.2 Å². The molecule has 5 rings (SSSR count). The average molecular weight is 476 g/mol. The number of nitrogens with one attached hydrogen (secondary N) is 1. The molecule has 0 bridgehead atoms. The number of anilines is 1. The summed E-state index contributed by atoms with van der Waals surface area (Å²) in [6.45, 7) is 6.54. The topological polar surface area (TPSA) is 79.2 Å². The maximum atomic E-state index is 12.8. The molecule has 1 aliphatic rings. The van der Waals surface area contributed by atoms with Gasteiger partial charge in [-0.1, -0.05) is 17.7 Å². The summed E-state index contributed by atoms with van der Waals surface area (Å²) in [6.07, 6.45) is 5.36. The average Bonchev–Trinajstić information content (AvgIpc) is 3.24. The van der Waals surface area contributed by atoms with E-state index in [9.17, 15) is 4.79 Å². The number of urea groups is 1. The third-order valence-corrected chi connectivity index (χ3v) is 6.42. The Morgan fingerprint density at radius 1 is 1.03 bits per heavy atom. The van der Waals surface area contributed by atoms with E-state index in [0.29, 0.717) is 18.1 Å². The van der Waals surface area contributed by atoms with Gasteiger partial charge in [0.2, 0.25) is 0 Å². The first-order chi connectivity index (χ1) is 16.6. The molecule has 1 aromatic carbocycles. The standard InChI is InChI=1S/C25H26ClN7O/c1-18-4-5-20(26)17-22(18)30-25(34)32-14-11-31(12-15-32)13-16-33-23(19-6-9-27-10-7-19)29-21-3-2-8-28-24(21)33/h2-10,17H,11-16H2,1H3,(H,30,34). The van der Waals surface area contributed by atoms with Gasteiger partial charge in [0.1, 0.15) is 11.3 Å². The predicted molar refractivity (Wildman–Crippen MR) is 134 cm³/mol. The monoisotopic (exact) mass is 475 g/mol. The summed E-state index contributed by atoms with van der Waals surface area (Å²) in [5.74, 6) is 0.894. The van der Waals surface area contributed by atoms with Crippen LogP contribution in [0.15, 0.2) is 61.1 Å². The minimum absolute atomic E-state index is 0.0882. The van der Waals surface area contributed by atoms with Crippen molar-refractivity contribution in [3.63, 3.8) is 0 Å². The molecular formula is C25H26ClN7O. The number of fused-ring (bicyclic) bond motifs is 1. The number of nitrogens with zero attached hydrogens (tertiary/aromatic N) is 6. The number of rotatable bonds is 5. The van der Waals surface area contributed by atoms with Gasteiger partial charge in [-0.15, -0.1) is 0 Å². The zero-order valence-corrected chi connectivity index (χ0v) is 19.7. The highest BCUT2D eigenvalue weighted by atomic mass is 35.5. The molecule has 0 radical (unpaired) electrons. The van der Waals surface area contributed by atoms with E-state index in [1.165, 1.54) is 0 Å². The lowest BCUT2D eigenvalue weighted by atomic mass is 10.2. The molecule has 0 atom stereocenters. The SMILES string of the molecule is Cc1ccc(Cl)cc1NC(=O)N1CCN(CCn2c(-c3ccncc3)nc3cccnc32)CC1. The van der Waals surface area contributed by atoms with Crippen molar-refractivity contribution in [1.82, 2.24) is 29.3 Å². The van der Waals surface area contributed by atoms with Crippen molar-refractivity contribution in [2.24, 2.45) is 0 Å². The van der Waals surface area contributed by atoms with Crippen LogP contribution in [-0.4, -0.2) is 68.1 Å². The van der Waals surface area contributed by atoms with Gasteiger partial charge in [0, 0.05) is 74.1 Å². The lowest BCUT2D eigenvalue weighted by Gasteiger charge is -2.34. The molecule has 4 heterocycles. The molecule has 3 aromatic heterocycles. The van der Waals surface area contributed by atoms with Crippen LogP contribution >= 0.6 is 11.6 Å². The Hall–Kier alpha value is -3.49. The van der Waals surface area contributed by atoms with Crippen molar-refractivity contribution in [3.05, 3.63) is 71.6 Å². The summed E-state index contributed by atoms with van der Waals surface area (Å²) in [7, 11) is 0. The van der Waals surface area contributed by atoms with E-state index in [-0.39, 0.29) is 6.03 Å². The smallest absolute Gasteiger partial charge is 0.321 e. The maximum Gasteiger partial charge on any atom is 0.321 e. The summed E-state index contributed by atoms with van der Waals surface area (Å²) in [4.78, 5) is 30.5. The van der Waals surface area contributed by atoms with Crippen molar-refractivity contribution >= 4 is 34.5 Å². The van der Waals surface area contributed by atoms with Crippen molar-refractivity contribution in [3.8, 4) is 11.4 Å². The number of imidazole rings is 1. The molecule has 1 N–H and O–H groups in total. The summed E-state index contributed by atoms with van der Waals surface area (Å²) in [5.41, 5.74) is 4.52. The lowest BCUT2D eigenvalue weighted by Crippen LogP contribution is -2.50. The number of carbonyl (C=O) groups excluding carboxylic acids is 1. The van der Waals surface area contributed by atoms with E-state index in [4.69, 9.17) is 16.6 Å². The third-order valence-electron chi connectivity index (χ3n) is 6.18. The highest BCUT2D eigenvalue weighted by Gasteiger charge is 2.22. The number of carbonyl (C=O) groups is 1. The Labute approximate surface area is 203 Å². The van der Waals surface area contributed by atoms with Crippen LogP contribution in [0.4, 0.5) is 10.5 Å². The molecule has 1 aliphatic heterocycles. The van der Waals surface area contributed by atoms with E-state index in [2.05, 4.69) is 24.8 Å². The molecule has 0 aliphatic carbocycles. The van der Waals surface area contributed by atoms with Gasteiger partial charge in [-0.3, -0.25) is 9.88 Å². The molecule has 0 saturated carbocycles. The van der Waals surface area contributed by atoms with Crippen LogP contribution in [0.5, 0.6) is 0 Å². The Bertz CT molecular complexity index is 1300. The van der Waals surface area contributed by atoms with E-state index >= 15 is 0 Å². The maximum absolute atomic E-state index is 12.8. The molecule has 4 aromatic rings. The molecule has 1 saturated heterocycles. The molecule has 34 heavy (non-hydrogen) atoms. The van der Waals surface area contributed by atoms with Crippen molar-refractivity contribution in [2.75, 3.05) is 38.0 Å². The predicted octanol–water partition coefficient (Wildman–Crippen LogP) is 4.30. The largest absolute Gasteiger partial charge is 0.322 e. The Morgan fingerprint density at radius 2 is 1.82 bits per heavy atom. The van der Waals surface area contributed by atoms with Gasteiger partial charge in [-0.2, -0.15) is 0 Å². The Morgan fingerprint density at radius 3 is 2.62 bits per heavy atom. The quantitative estimate of drug-likeness (QED) is 0.465. The second-order valence-corrected chi connectivity index (χ2v) is 8.82. The molecule has 9 heteroatoms. The summed E-state index contributed by atoms with van der Waals surface area (Å²) >= 11 is 6.08. The summed E-state index contributed by atoms with van der Waals surface area (Å²) < 4.78 is 2.17. The van der Waals surface area contributed by atoms with Crippen molar-refractivity contribution < 1.29 is 4.79 Å². The fraction of sp³-hybridized carbons (Fsp3) is 0.280. The normalized spacial score (nSPS) is 14.5. The number of amides is 2. The van der Waals surface area contributed by atoms with Crippen molar-refractivity contribution in [1.29, 1.82) is 0 Å². The van der Waals surface area contributed by atoms with Crippen LogP contribution in [0.3, 0.4) is 0 Å². The number of pyridine rings is 2. The number of hydrogen-bond acceptors (Lipinski definition) is 5. The molecule has 0 unspecified atom stereocenters. The first-order valence-corrected chi connectivity index (χ1v) is 11.7. The number of halogens is 1. The molecule has 2 amide bonds. The summed E-state index contributed by atoms with van der Waals surface area (Å²) in [6, 6.07) is 13.3. The van der Waals surface area contributed by atoms with Gasteiger partial charge >= 0.3 is 6.03 Å². The lowest BCUT2D eigenvalue weighted by molar-refractivity contribution is 0.145. The second-order valence-electron chi connectivity index (χ2n) is 8.39. The number of aryl methyl sites for hydroxylation is 1. The second kappa shape index (κ2) is 9.79. The minimum Gasteiger partial charge on any atom is -0.322 e. The van der Waals surface area contributed by atoms with Crippen LogP contribution < -0.4 is 5.32 Å². The van der Waals surface area contributed by atoms with Crippen LogP contribution in [0, 0.1) is 6.92 Å². The fourth-order valence-electron chi connectivity index (χ4n) is 4.23. The highest BCUT2D eigenvalue weighted by molar-refractivity contribution is 6.31. The van der Waals surface area contributed by atoms with Gasteiger partial charge in [0.05, 0.1) is 0 Å². The summed E-state index contributed by atoms with van der Waals surface area (Å²) in [5, 5.41) is 3.60. The molecule has 8 nitrogen and oxygen atoms in total. The van der Waals surface area contributed by atoms with Gasteiger partial charge in [0.15, 0.2) is 5.65 Å². The molecule has 1 fully saturated rings. The Kier molecular flexibility index (Phi) is 6.42. The van der Waals surface area contributed by atoms with Crippen molar-refractivity contribution in [2.45, 2.75) is 13.5 Å².